The molecule has 1 rings (SSSR count). The van der Waals surface area contributed by atoms with Crippen molar-refractivity contribution < 1.29 is 13.2 Å². The van der Waals surface area contributed by atoms with Crippen molar-refractivity contribution in [1.29, 1.82) is 0 Å². The molecule has 154 valence electrons. The molecule has 1 aromatic carbocycles. The van der Waals surface area contributed by atoms with E-state index < -0.39 is 10.0 Å². The predicted octanol–water partition coefficient (Wildman–Crippen LogP) is 0.570. The molecule has 0 spiro atoms. The van der Waals surface area contributed by atoms with Gasteiger partial charge in [-0.2, -0.15) is 0 Å². The predicted molar refractivity (Wildman–Crippen MR) is 110 cm³/mol. The standard InChI is InChI=1S/C18H33N5O3S/c1-19-18(20-11-13-23(4)12-6-14-26-5)21-15-16-7-9-17(10-8-16)27(24,25)22(2)3/h7-10H,6,11-15H2,1-5H3,(H2,19,20,21). The Morgan fingerprint density at radius 1 is 1.11 bits per heavy atom. The van der Waals surface area contributed by atoms with E-state index in [9.17, 15) is 8.42 Å². The molecule has 0 radical (unpaired) electrons. The van der Waals surface area contributed by atoms with Crippen LogP contribution in [0, 0.1) is 0 Å². The number of methoxy groups -OCH3 is 1. The smallest absolute Gasteiger partial charge is 0.242 e. The summed E-state index contributed by atoms with van der Waals surface area (Å²) in [7, 11) is 5.17. The second-order valence-electron chi connectivity index (χ2n) is 6.43. The van der Waals surface area contributed by atoms with E-state index in [2.05, 4.69) is 27.6 Å². The number of benzene rings is 1. The van der Waals surface area contributed by atoms with Crippen molar-refractivity contribution in [1.82, 2.24) is 19.8 Å². The molecule has 0 atom stereocenters. The highest BCUT2D eigenvalue weighted by Crippen LogP contribution is 2.13. The lowest BCUT2D eigenvalue weighted by molar-refractivity contribution is 0.180. The van der Waals surface area contributed by atoms with Crippen molar-refractivity contribution in [2.24, 2.45) is 4.99 Å². The molecule has 1 aromatic rings. The molecule has 0 fully saturated rings. The zero-order valence-corrected chi connectivity index (χ0v) is 17.8. The second-order valence-corrected chi connectivity index (χ2v) is 8.59. The molecule has 0 saturated heterocycles. The maximum absolute atomic E-state index is 12.1. The summed E-state index contributed by atoms with van der Waals surface area (Å²) in [5.41, 5.74) is 0.979. The Morgan fingerprint density at radius 3 is 2.33 bits per heavy atom. The minimum Gasteiger partial charge on any atom is -0.385 e. The summed E-state index contributed by atoms with van der Waals surface area (Å²) < 4.78 is 30.4. The first-order valence-electron chi connectivity index (χ1n) is 8.94. The van der Waals surface area contributed by atoms with E-state index in [1.54, 1.807) is 38.4 Å². The Kier molecular flexibility index (Phi) is 10.3. The number of hydrogen-bond donors (Lipinski definition) is 2. The van der Waals surface area contributed by atoms with Crippen LogP contribution in [-0.4, -0.2) is 85.1 Å². The first-order chi connectivity index (χ1) is 12.8. The minimum atomic E-state index is -3.39. The van der Waals surface area contributed by atoms with Crippen LogP contribution in [0.2, 0.25) is 0 Å². The van der Waals surface area contributed by atoms with Crippen molar-refractivity contribution in [2.75, 3.05) is 61.5 Å². The number of nitrogens with zero attached hydrogens (tertiary/aromatic N) is 3. The van der Waals surface area contributed by atoms with Crippen LogP contribution in [0.25, 0.3) is 0 Å². The fraction of sp³-hybridized carbons (Fsp3) is 0.611. The average molecular weight is 400 g/mol. The van der Waals surface area contributed by atoms with Crippen LogP contribution in [0.3, 0.4) is 0 Å². The van der Waals surface area contributed by atoms with Crippen molar-refractivity contribution in [3.05, 3.63) is 29.8 Å². The SMILES string of the molecule is CN=C(NCCN(C)CCCOC)NCc1ccc(S(=O)(=O)N(C)C)cc1. The molecule has 27 heavy (non-hydrogen) atoms. The summed E-state index contributed by atoms with van der Waals surface area (Å²) in [5.74, 6) is 0.713. The van der Waals surface area contributed by atoms with Gasteiger partial charge in [0.15, 0.2) is 5.96 Å². The molecule has 0 aromatic heterocycles. The number of aliphatic imine (C=N–C) groups is 1. The van der Waals surface area contributed by atoms with Gasteiger partial charge in [0.05, 0.1) is 4.90 Å². The van der Waals surface area contributed by atoms with Gasteiger partial charge in [-0.05, 0) is 31.2 Å². The number of hydrogen-bond acceptors (Lipinski definition) is 5. The van der Waals surface area contributed by atoms with Gasteiger partial charge in [0.2, 0.25) is 10.0 Å². The number of ether oxygens (including phenoxy) is 1. The van der Waals surface area contributed by atoms with Crippen LogP contribution in [0.15, 0.2) is 34.2 Å². The van der Waals surface area contributed by atoms with E-state index in [1.165, 1.54) is 18.4 Å². The molecule has 0 aliphatic rings. The van der Waals surface area contributed by atoms with Crippen molar-refractivity contribution >= 4 is 16.0 Å². The van der Waals surface area contributed by atoms with Crippen LogP contribution < -0.4 is 10.6 Å². The zero-order valence-electron chi connectivity index (χ0n) is 17.0. The molecule has 0 saturated carbocycles. The Balaban J connectivity index is 2.42. The number of nitrogens with one attached hydrogen (secondary N) is 2. The lowest BCUT2D eigenvalue weighted by Gasteiger charge is -2.18. The van der Waals surface area contributed by atoms with Gasteiger partial charge in [-0.1, -0.05) is 12.1 Å². The molecule has 2 N–H and O–H groups in total. The van der Waals surface area contributed by atoms with Gasteiger partial charge in [0, 0.05) is 61.0 Å². The summed E-state index contributed by atoms with van der Waals surface area (Å²) in [4.78, 5) is 6.74. The average Bonchev–Trinajstić information content (AvgIpc) is 2.65. The molecule has 0 amide bonds. The monoisotopic (exact) mass is 399 g/mol. The van der Waals surface area contributed by atoms with Crippen molar-refractivity contribution in [2.45, 2.75) is 17.9 Å². The quantitative estimate of drug-likeness (QED) is 0.321. The van der Waals surface area contributed by atoms with Gasteiger partial charge in [-0.25, -0.2) is 12.7 Å². The highest BCUT2D eigenvalue weighted by atomic mass is 32.2. The van der Waals surface area contributed by atoms with E-state index >= 15 is 0 Å². The molecule has 0 aliphatic carbocycles. The van der Waals surface area contributed by atoms with Gasteiger partial charge in [0.1, 0.15) is 0 Å². The van der Waals surface area contributed by atoms with Gasteiger partial charge in [-0.3, -0.25) is 4.99 Å². The minimum absolute atomic E-state index is 0.287. The molecule has 8 nitrogen and oxygen atoms in total. The first kappa shape index (κ1) is 23.4. The lowest BCUT2D eigenvalue weighted by atomic mass is 10.2. The molecule has 9 heteroatoms. The van der Waals surface area contributed by atoms with Crippen LogP contribution in [-0.2, 0) is 21.3 Å². The van der Waals surface area contributed by atoms with Gasteiger partial charge in [-0.15, -0.1) is 0 Å². The summed E-state index contributed by atoms with van der Waals surface area (Å²) in [6, 6.07) is 6.86. The normalized spacial score (nSPS) is 12.6. The maximum atomic E-state index is 12.1. The van der Waals surface area contributed by atoms with Crippen LogP contribution in [0.4, 0.5) is 0 Å². The Hall–Kier alpha value is -1.68. The molecular weight excluding hydrogens is 366 g/mol. The number of likely N-dealkylation sites (N-methyl/N-ethyl adjacent to an activating group) is 1. The second kappa shape index (κ2) is 11.9. The van der Waals surface area contributed by atoms with Gasteiger partial charge < -0.3 is 20.3 Å². The molecule has 0 bridgehead atoms. The van der Waals surface area contributed by atoms with Crippen LogP contribution in [0.1, 0.15) is 12.0 Å². The van der Waals surface area contributed by atoms with Gasteiger partial charge in [0.25, 0.3) is 0 Å². The first-order valence-corrected chi connectivity index (χ1v) is 10.4. The van der Waals surface area contributed by atoms with E-state index in [0.717, 1.165) is 38.2 Å². The zero-order chi connectivity index (χ0) is 20.3. The largest absolute Gasteiger partial charge is 0.385 e. The van der Waals surface area contributed by atoms with Crippen LogP contribution in [0.5, 0.6) is 0 Å². The third-order valence-electron chi connectivity index (χ3n) is 4.06. The van der Waals surface area contributed by atoms with E-state index in [0.29, 0.717) is 12.5 Å². The Morgan fingerprint density at radius 2 is 1.78 bits per heavy atom. The molecule has 0 heterocycles. The number of rotatable bonds is 11. The van der Waals surface area contributed by atoms with E-state index in [1.807, 2.05) is 0 Å². The summed E-state index contributed by atoms with van der Waals surface area (Å²) in [6.07, 6.45) is 1.01. The molecular formula is C18H33N5O3S. The topological polar surface area (TPSA) is 86.3 Å². The highest BCUT2D eigenvalue weighted by molar-refractivity contribution is 7.89. The summed E-state index contributed by atoms with van der Waals surface area (Å²) >= 11 is 0. The third kappa shape index (κ3) is 8.25. The van der Waals surface area contributed by atoms with E-state index in [4.69, 9.17) is 4.74 Å². The summed E-state index contributed by atoms with van der Waals surface area (Å²) in [5, 5.41) is 6.51. The molecule has 0 unspecified atom stereocenters. The maximum Gasteiger partial charge on any atom is 0.242 e. The highest BCUT2D eigenvalue weighted by Gasteiger charge is 2.16. The van der Waals surface area contributed by atoms with E-state index in [-0.39, 0.29) is 4.90 Å². The molecule has 0 aliphatic heterocycles. The Labute approximate surface area is 163 Å². The van der Waals surface area contributed by atoms with Crippen molar-refractivity contribution in [3.63, 3.8) is 0 Å². The fourth-order valence-corrected chi connectivity index (χ4v) is 3.25. The lowest BCUT2D eigenvalue weighted by Crippen LogP contribution is -2.40. The fourth-order valence-electron chi connectivity index (χ4n) is 2.35. The van der Waals surface area contributed by atoms with Crippen molar-refractivity contribution in [3.8, 4) is 0 Å². The van der Waals surface area contributed by atoms with Gasteiger partial charge >= 0.3 is 0 Å². The number of guanidine groups is 1. The van der Waals surface area contributed by atoms with Crippen LogP contribution >= 0.6 is 0 Å². The summed E-state index contributed by atoms with van der Waals surface area (Å²) in [6.45, 7) is 4.01. The third-order valence-corrected chi connectivity index (χ3v) is 5.89. The number of sulfonamides is 1. The Bertz CT molecular complexity index is 675.